The third kappa shape index (κ3) is 4.91. The molecule has 1 saturated heterocycles. The first-order valence-corrected chi connectivity index (χ1v) is 9.66. The van der Waals surface area contributed by atoms with Crippen molar-refractivity contribution in [3.8, 4) is 0 Å². The monoisotopic (exact) mass is 412 g/mol. The number of hydrogen-bond donors (Lipinski definition) is 1. The molecule has 142 valence electrons. The quantitative estimate of drug-likeness (QED) is 0.711. The maximum atomic E-state index is 12.4. The predicted molar refractivity (Wildman–Crippen MR) is 113 cm³/mol. The molecule has 1 fully saturated rings. The number of allylic oxidation sites excluding steroid dienone is 2. The smallest absolute Gasteiger partial charge is 0.294 e. The normalized spacial score (nSPS) is 15.6. The third-order valence-electron chi connectivity index (χ3n) is 3.98. The summed E-state index contributed by atoms with van der Waals surface area (Å²) in [4.78, 5) is 38.1. The molecule has 0 atom stereocenters. The van der Waals surface area contributed by atoms with Gasteiger partial charge in [0, 0.05) is 10.7 Å². The van der Waals surface area contributed by atoms with Crippen LogP contribution in [0.15, 0.2) is 65.6 Å². The average Bonchev–Trinajstić information content (AvgIpc) is 2.93. The second-order valence-corrected chi connectivity index (χ2v) is 7.50. The minimum Gasteiger partial charge on any atom is -0.324 e. The van der Waals surface area contributed by atoms with E-state index >= 15 is 0 Å². The number of nitrogens with one attached hydrogen (secondary N) is 1. The summed E-state index contributed by atoms with van der Waals surface area (Å²) in [5, 5.41) is 2.70. The van der Waals surface area contributed by atoms with Gasteiger partial charge in [0.2, 0.25) is 5.91 Å². The van der Waals surface area contributed by atoms with Gasteiger partial charge in [-0.25, -0.2) is 0 Å². The van der Waals surface area contributed by atoms with Crippen molar-refractivity contribution < 1.29 is 14.4 Å². The zero-order valence-corrected chi connectivity index (χ0v) is 16.6. The Morgan fingerprint density at radius 1 is 1.18 bits per heavy atom. The molecular formula is C21H17ClN2O3S. The Morgan fingerprint density at radius 2 is 1.93 bits per heavy atom. The Hall–Kier alpha value is -2.83. The Morgan fingerprint density at radius 3 is 2.68 bits per heavy atom. The molecule has 0 aliphatic carbocycles. The summed E-state index contributed by atoms with van der Waals surface area (Å²) >= 11 is 6.76. The van der Waals surface area contributed by atoms with Crippen LogP contribution in [0.3, 0.4) is 0 Å². The van der Waals surface area contributed by atoms with Crippen LogP contribution in [-0.2, 0) is 9.59 Å². The molecule has 1 aliphatic heterocycles. The number of halogens is 1. The first-order chi connectivity index (χ1) is 13.4. The summed E-state index contributed by atoms with van der Waals surface area (Å²) in [5.41, 5.74) is 2.36. The Kier molecular flexibility index (Phi) is 6.34. The van der Waals surface area contributed by atoms with E-state index in [1.165, 1.54) is 0 Å². The van der Waals surface area contributed by atoms with E-state index in [0.29, 0.717) is 10.7 Å². The topological polar surface area (TPSA) is 66.5 Å². The summed E-state index contributed by atoms with van der Waals surface area (Å²) in [7, 11) is 0. The van der Waals surface area contributed by atoms with Crippen LogP contribution in [0.1, 0.15) is 11.1 Å². The van der Waals surface area contributed by atoms with Gasteiger partial charge in [-0.2, -0.15) is 0 Å². The van der Waals surface area contributed by atoms with E-state index in [1.54, 1.807) is 30.4 Å². The van der Waals surface area contributed by atoms with Crippen LogP contribution in [0, 0.1) is 6.92 Å². The van der Waals surface area contributed by atoms with Crippen molar-refractivity contribution in [1.82, 2.24) is 4.90 Å². The molecule has 2 aromatic rings. The van der Waals surface area contributed by atoms with Crippen molar-refractivity contribution in [2.75, 3.05) is 11.9 Å². The molecule has 28 heavy (non-hydrogen) atoms. The van der Waals surface area contributed by atoms with Crippen LogP contribution in [-0.4, -0.2) is 28.5 Å². The minimum atomic E-state index is -0.481. The number of carbonyl (C=O) groups is 3. The molecule has 7 heteroatoms. The lowest BCUT2D eigenvalue weighted by molar-refractivity contribution is -0.127. The molecule has 0 bridgehead atoms. The predicted octanol–water partition coefficient (Wildman–Crippen LogP) is 4.88. The molecule has 0 unspecified atom stereocenters. The van der Waals surface area contributed by atoms with Gasteiger partial charge in [-0.05, 0) is 48.0 Å². The van der Waals surface area contributed by atoms with E-state index in [4.69, 9.17) is 11.6 Å². The van der Waals surface area contributed by atoms with Gasteiger partial charge < -0.3 is 5.32 Å². The highest BCUT2D eigenvalue weighted by Crippen LogP contribution is 2.30. The number of nitrogens with zero attached hydrogens (tertiary/aromatic N) is 1. The molecular weight excluding hydrogens is 396 g/mol. The van der Waals surface area contributed by atoms with Crippen LogP contribution >= 0.6 is 23.4 Å². The van der Waals surface area contributed by atoms with Gasteiger partial charge in [0.05, 0.1) is 4.91 Å². The molecule has 1 N–H and O–H groups in total. The van der Waals surface area contributed by atoms with Gasteiger partial charge in [-0.15, -0.1) is 0 Å². The van der Waals surface area contributed by atoms with E-state index in [0.717, 1.165) is 27.8 Å². The van der Waals surface area contributed by atoms with E-state index in [9.17, 15) is 14.4 Å². The fourth-order valence-corrected chi connectivity index (χ4v) is 3.49. The van der Waals surface area contributed by atoms with Crippen molar-refractivity contribution in [1.29, 1.82) is 0 Å². The van der Waals surface area contributed by atoms with Crippen molar-refractivity contribution in [2.24, 2.45) is 0 Å². The maximum absolute atomic E-state index is 12.4. The van der Waals surface area contributed by atoms with Crippen LogP contribution in [0.2, 0.25) is 5.02 Å². The van der Waals surface area contributed by atoms with Gasteiger partial charge in [0.25, 0.3) is 11.1 Å². The average molecular weight is 413 g/mol. The lowest BCUT2D eigenvalue weighted by atomic mass is 10.2. The third-order valence-corrected chi connectivity index (χ3v) is 5.15. The molecule has 0 spiro atoms. The van der Waals surface area contributed by atoms with Crippen molar-refractivity contribution >= 4 is 52.2 Å². The lowest BCUT2D eigenvalue weighted by Crippen LogP contribution is -2.36. The van der Waals surface area contributed by atoms with Crippen molar-refractivity contribution in [2.45, 2.75) is 6.92 Å². The summed E-state index contributed by atoms with van der Waals surface area (Å²) in [5.74, 6) is -0.945. The zero-order chi connectivity index (χ0) is 20.1. The SMILES string of the molecule is Cc1ccc(Cl)cc1NC(=O)CN1C(=O)S/C(=C/C=C/c2ccccc2)C1=O. The first kappa shape index (κ1) is 19.9. The number of rotatable bonds is 5. The summed E-state index contributed by atoms with van der Waals surface area (Å²) in [6.45, 7) is 1.48. The highest BCUT2D eigenvalue weighted by Gasteiger charge is 2.36. The number of aryl methyl sites for hydroxylation is 1. The van der Waals surface area contributed by atoms with Gasteiger partial charge >= 0.3 is 0 Å². The molecule has 2 aromatic carbocycles. The molecule has 3 rings (SSSR count). The van der Waals surface area contributed by atoms with Crippen LogP contribution in [0.5, 0.6) is 0 Å². The van der Waals surface area contributed by atoms with Crippen LogP contribution in [0.4, 0.5) is 10.5 Å². The standard InChI is InChI=1S/C21H17ClN2O3S/c1-14-10-11-16(22)12-17(14)23-19(25)13-24-20(26)18(28-21(24)27)9-5-8-15-6-3-2-4-7-15/h2-12H,13H2,1H3,(H,23,25)/b8-5+,18-9+. The molecule has 5 nitrogen and oxygen atoms in total. The molecule has 0 saturated carbocycles. The number of amides is 3. The van der Waals surface area contributed by atoms with E-state index < -0.39 is 17.1 Å². The van der Waals surface area contributed by atoms with Crippen LogP contribution < -0.4 is 5.32 Å². The van der Waals surface area contributed by atoms with Crippen molar-refractivity contribution in [3.05, 3.63) is 81.7 Å². The number of hydrogen-bond acceptors (Lipinski definition) is 4. The van der Waals surface area contributed by atoms with Crippen molar-refractivity contribution in [3.63, 3.8) is 0 Å². The van der Waals surface area contributed by atoms with E-state index in [2.05, 4.69) is 5.32 Å². The fraction of sp³-hybridized carbons (Fsp3) is 0.0952. The number of carbonyl (C=O) groups excluding carboxylic acids is 3. The highest BCUT2D eigenvalue weighted by atomic mass is 35.5. The van der Waals surface area contributed by atoms with Gasteiger partial charge in [-0.3, -0.25) is 19.3 Å². The summed E-state index contributed by atoms with van der Waals surface area (Å²) in [6, 6.07) is 14.7. The van der Waals surface area contributed by atoms with Gasteiger partial charge in [0.1, 0.15) is 6.54 Å². The lowest BCUT2D eigenvalue weighted by Gasteiger charge is -2.13. The number of benzene rings is 2. The number of imide groups is 1. The molecule has 1 heterocycles. The second kappa shape index (κ2) is 8.91. The molecule has 3 amide bonds. The molecule has 1 aliphatic rings. The fourth-order valence-electron chi connectivity index (χ4n) is 2.52. The first-order valence-electron chi connectivity index (χ1n) is 8.47. The largest absolute Gasteiger partial charge is 0.324 e. The number of anilines is 1. The highest BCUT2D eigenvalue weighted by molar-refractivity contribution is 8.18. The second-order valence-electron chi connectivity index (χ2n) is 6.07. The number of thioether (sulfide) groups is 1. The Balaban J connectivity index is 1.65. The van der Waals surface area contributed by atoms with Gasteiger partial charge in [-0.1, -0.05) is 60.2 Å². The minimum absolute atomic E-state index is 0.281. The molecule has 0 radical (unpaired) electrons. The van der Waals surface area contributed by atoms with Gasteiger partial charge in [0.15, 0.2) is 0 Å². The molecule has 0 aromatic heterocycles. The summed E-state index contributed by atoms with van der Waals surface area (Å²) < 4.78 is 0. The van der Waals surface area contributed by atoms with Crippen LogP contribution in [0.25, 0.3) is 6.08 Å². The Labute approximate surface area is 172 Å². The zero-order valence-electron chi connectivity index (χ0n) is 15.0. The van der Waals surface area contributed by atoms with E-state index in [-0.39, 0.29) is 11.4 Å². The van der Waals surface area contributed by atoms with E-state index in [1.807, 2.05) is 43.3 Å². The maximum Gasteiger partial charge on any atom is 0.294 e. The summed E-state index contributed by atoms with van der Waals surface area (Å²) in [6.07, 6.45) is 5.13. The Bertz CT molecular complexity index is 986.